The van der Waals surface area contributed by atoms with Crippen LogP contribution in [0.15, 0.2) is 55.1 Å². The maximum absolute atomic E-state index is 9.86. The highest BCUT2D eigenvalue weighted by molar-refractivity contribution is 8.12. The van der Waals surface area contributed by atoms with E-state index < -0.39 is 11.2 Å². The van der Waals surface area contributed by atoms with E-state index >= 15 is 0 Å². The van der Waals surface area contributed by atoms with Crippen molar-refractivity contribution in [3.63, 3.8) is 0 Å². The van der Waals surface area contributed by atoms with Crippen molar-refractivity contribution in [1.29, 1.82) is 5.26 Å². The molecule has 0 aliphatic carbocycles. The Morgan fingerprint density at radius 3 is 2.60 bits per heavy atom. The summed E-state index contributed by atoms with van der Waals surface area (Å²) in [5, 5.41) is 14.2. The number of piperidine rings is 1. The van der Waals surface area contributed by atoms with Crippen LogP contribution in [0.25, 0.3) is 16.6 Å². The van der Waals surface area contributed by atoms with Gasteiger partial charge in [-0.2, -0.15) is 21.5 Å². The quantitative estimate of drug-likeness (QED) is 0.262. The van der Waals surface area contributed by atoms with E-state index in [-0.39, 0.29) is 0 Å². The Bertz CT molecular complexity index is 1600. The number of hydrogen-bond donors (Lipinski definition) is 2. The maximum Gasteiger partial charge on any atom is 0.212 e. The second-order valence-electron chi connectivity index (χ2n) is 11.8. The van der Waals surface area contributed by atoms with Gasteiger partial charge in [-0.3, -0.25) is 4.90 Å². The summed E-state index contributed by atoms with van der Waals surface area (Å²) in [6.07, 6.45) is 11.6. The first-order chi connectivity index (χ1) is 21.1. The molecule has 43 heavy (non-hydrogen) atoms. The standard InChI is InChI=1S/C32H37N7O3S/c1-41-31-5-2-23(15-35-31)18-38-26-12-27(38)20-37(19-26)30-4-3-24(16-34-30)29-13-28(21-39-32(29)25(14-33)17-36-39)42-9-6-22-7-10-43(40)11-8-22/h2-5,13,15-17,21-22,26-27,40,43H,6-12,18-20H2,1H3. The summed E-state index contributed by atoms with van der Waals surface area (Å²) in [6.45, 7) is 3.41. The first-order valence-electron chi connectivity index (χ1n) is 15.0. The normalized spacial score (nSPS) is 24.3. The second kappa shape index (κ2) is 12.0. The average molecular weight is 600 g/mol. The Kier molecular flexibility index (Phi) is 7.82. The van der Waals surface area contributed by atoms with Crippen LogP contribution in [0.1, 0.15) is 36.8 Å². The molecular weight excluding hydrogens is 562 g/mol. The predicted octanol–water partition coefficient (Wildman–Crippen LogP) is 4.79. The third-order valence-corrected chi connectivity index (χ3v) is 10.7. The number of aromatic nitrogens is 4. The Balaban J connectivity index is 1.04. The van der Waals surface area contributed by atoms with Gasteiger partial charge in [0.1, 0.15) is 17.6 Å². The summed E-state index contributed by atoms with van der Waals surface area (Å²) < 4.78 is 23.0. The van der Waals surface area contributed by atoms with Gasteiger partial charge in [-0.15, -0.1) is 0 Å². The summed E-state index contributed by atoms with van der Waals surface area (Å²) in [5.41, 5.74) is 4.30. The molecule has 1 N–H and O–H groups in total. The molecule has 8 rings (SSSR count). The van der Waals surface area contributed by atoms with Crippen molar-refractivity contribution in [3.8, 4) is 28.8 Å². The molecule has 4 saturated heterocycles. The van der Waals surface area contributed by atoms with Gasteiger partial charge in [0.2, 0.25) is 5.88 Å². The zero-order valence-electron chi connectivity index (χ0n) is 24.3. The van der Waals surface area contributed by atoms with Crippen LogP contribution in [-0.2, 0) is 6.54 Å². The van der Waals surface area contributed by atoms with Crippen LogP contribution in [0.5, 0.6) is 11.6 Å². The number of piperazine rings is 1. The molecule has 8 heterocycles. The van der Waals surface area contributed by atoms with Crippen molar-refractivity contribution in [2.45, 2.75) is 44.3 Å². The molecule has 0 amide bonds. The first kappa shape index (κ1) is 28.0. The third-order valence-electron chi connectivity index (χ3n) is 9.19. The molecule has 0 saturated carbocycles. The van der Waals surface area contributed by atoms with Crippen molar-refractivity contribution in [2.75, 3.05) is 43.2 Å². The molecule has 0 spiro atoms. The maximum atomic E-state index is 9.86. The monoisotopic (exact) mass is 599 g/mol. The van der Waals surface area contributed by atoms with Gasteiger partial charge < -0.3 is 18.9 Å². The van der Waals surface area contributed by atoms with Crippen molar-refractivity contribution in [1.82, 2.24) is 24.5 Å². The molecule has 4 aromatic rings. The Morgan fingerprint density at radius 2 is 1.91 bits per heavy atom. The number of nitrogens with zero attached hydrogens (tertiary/aromatic N) is 7. The van der Waals surface area contributed by atoms with Gasteiger partial charge in [0, 0.05) is 61.3 Å². The highest BCUT2D eigenvalue weighted by Crippen LogP contribution is 2.37. The van der Waals surface area contributed by atoms with E-state index in [1.807, 2.05) is 30.7 Å². The number of hydrogen-bond acceptors (Lipinski definition) is 9. The highest BCUT2D eigenvalue weighted by atomic mass is 32.2. The van der Waals surface area contributed by atoms with Crippen molar-refractivity contribution >= 4 is 22.5 Å². The summed E-state index contributed by atoms with van der Waals surface area (Å²) >= 11 is -0.742. The van der Waals surface area contributed by atoms with Crippen LogP contribution >= 0.6 is 11.2 Å². The molecule has 11 heteroatoms. The average Bonchev–Trinajstić information content (AvgIpc) is 3.48. The predicted molar refractivity (Wildman–Crippen MR) is 168 cm³/mol. The lowest BCUT2D eigenvalue weighted by atomic mass is 9.87. The van der Waals surface area contributed by atoms with Gasteiger partial charge >= 0.3 is 0 Å². The van der Waals surface area contributed by atoms with Gasteiger partial charge in [-0.1, -0.05) is 6.07 Å². The van der Waals surface area contributed by atoms with E-state index in [0.29, 0.717) is 36.1 Å². The summed E-state index contributed by atoms with van der Waals surface area (Å²) in [5.74, 6) is 4.84. The van der Waals surface area contributed by atoms with Gasteiger partial charge in [0.25, 0.3) is 0 Å². The number of pyridine rings is 3. The molecule has 10 nitrogen and oxygen atoms in total. The number of fused-ring (bicyclic) bond motifs is 3. The van der Waals surface area contributed by atoms with E-state index in [1.54, 1.807) is 17.8 Å². The molecule has 2 unspecified atom stereocenters. The van der Waals surface area contributed by atoms with E-state index in [9.17, 15) is 9.81 Å². The molecule has 224 valence electrons. The number of thiol groups is 1. The van der Waals surface area contributed by atoms with Crippen molar-refractivity contribution in [3.05, 3.63) is 66.2 Å². The fraction of sp³-hybridized carbons (Fsp3) is 0.438. The molecule has 2 bridgehead atoms. The van der Waals surface area contributed by atoms with Gasteiger partial charge in [0.15, 0.2) is 0 Å². The molecule has 0 radical (unpaired) electrons. The molecule has 2 atom stereocenters. The lowest BCUT2D eigenvalue weighted by Crippen LogP contribution is -2.68. The van der Waals surface area contributed by atoms with E-state index in [1.165, 1.54) is 12.0 Å². The topological polar surface area (TPSA) is 112 Å². The zero-order valence-corrected chi connectivity index (χ0v) is 25.2. The molecule has 0 aromatic carbocycles. The number of anilines is 1. The van der Waals surface area contributed by atoms with E-state index in [2.05, 4.69) is 44.2 Å². The van der Waals surface area contributed by atoms with Crippen molar-refractivity contribution < 1.29 is 14.0 Å². The number of ether oxygens (including phenoxy) is 2. The fourth-order valence-corrected chi connectivity index (χ4v) is 8.28. The lowest BCUT2D eigenvalue weighted by Gasteiger charge is -2.56. The third kappa shape index (κ3) is 5.75. The number of rotatable bonds is 9. The highest BCUT2D eigenvalue weighted by Gasteiger charge is 2.44. The Labute approximate surface area is 254 Å². The van der Waals surface area contributed by atoms with Crippen LogP contribution in [0, 0.1) is 17.2 Å². The minimum atomic E-state index is -0.742. The van der Waals surface area contributed by atoms with Crippen LogP contribution < -0.4 is 14.4 Å². The molecule has 4 fully saturated rings. The fourth-order valence-electron chi connectivity index (χ4n) is 6.73. The largest absolute Gasteiger partial charge is 0.492 e. The van der Waals surface area contributed by atoms with Crippen molar-refractivity contribution in [2.24, 2.45) is 5.92 Å². The first-order valence-corrected chi connectivity index (χ1v) is 16.7. The SMILES string of the molecule is COc1ccc(CN2C3CC2CN(c2ccc(-c4cc(OCCC5CC[SH](O)CC5)cn5ncc(C#N)c45)cn2)C3)cn1. The van der Waals surface area contributed by atoms with Gasteiger partial charge in [0.05, 0.1) is 37.2 Å². The zero-order chi connectivity index (χ0) is 29.3. The summed E-state index contributed by atoms with van der Waals surface area (Å²) in [7, 11) is 1.64. The minimum absolute atomic E-state index is 0.500. The van der Waals surface area contributed by atoms with Crippen LogP contribution in [0.2, 0.25) is 0 Å². The second-order valence-corrected chi connectivity index (χ2v) is 13.7. The number of nitriles is 1. The Hall–Kier alpha value is -3.85. The lowest BCUT2D eigenvalue weighted by molar-refractivity contribution is -0.00876. The molecule has 4 aliphatic rings. The number of methoxy groups -OCH3 is 1. The van der Waals surface area contributed by atoms with Gasteiger partial charge in [-0.25, -0.2) is 14.5 Å². The minimum Gasteiger partial charge on any atom is -0.492 e. The van der Waals surface area contributed by atoms with Crippen LogP contribution in [-0.4, -0.2) is 79.4 Å². The summed E-state index contributed by atoms with van der Waals surface area (Å²) in [6, 6.07) is 13.5. The Morgan fingerprint density at radius 1 is 1.07 bits per heavy atom. The van der Waals surface area contributed by atoms with Gasteiger partial charge in [-0.05, 0) is 66.9 Å². The molecule has 4 aromatic heterocycles. The van der Waals surface area contributed by atoms with E-state index in [0.717, 1.165) is 78.6 Å². The smallest absolute Gasteiger partial charge is 0.212 e. The summed E-state index contributed by atoms with van der Waals surface area (Å²) in [4.78, 5) is 14.2. The molecule has 4 aliphatic heterocycles. The van der Waals surface area contributed by atoms with Crippen LogP contribution in [0.4, 0.5) is 5.82 Å². The molecular formula is C32H37N7O3S. The van der Waals surface area contributed by atoms with Crippen LogP contribution in [0.3, 0.4) is 0 Å². The van der Waals surface area contributed by atoms with E-state index in [4.69, 9.17) is 14.5 Å².